The molecule has 1 aliphatic rings. The fourth-order valence-electron chi connectivity index (χ4n) is 2.38. The Morgan fingerprint density at radius 2 is 2.10 bits per heavy atom. The fraction of sp³-hybridized carbons (Fsp3) is 0.538. The zero-order chi connectivity index (χ0) is 15.8. The van der Waals surface area contributed by atoms with Gasteiger partial charge in [-0.15, -0.1) is 0 Å². The Morgan fingerprint density at radius 3 is 2.62 bits per heavy atom. The topological polar surface area (TPSA) is 66.6 Å². The number of aliphatic hydroxyl groups excluding tert-OH is 1. The maximum atomic E-state index is 12.6. The van der Waals surface area contributed by atoms with Crippen LogP contribution in [0.4, 0.5) is 24.5 Å². The fourth-order valence-corrected chi connectivity index (χ4v) is 2.38. The zero-order valence-corrected chi connectivity index (χ0v) is 11.3. The molecule has 1 aromatic rings. The number of nitrogens with zero attached hydrogens (tertiary/aromatic N) is 2. The van der Waals surface area contributed by atoms with Crippen LogP contribution in [-0.2, 0) is 6.18 Å². The molecule has 1 aromatic carbocycles. The van der Waals surface area contributed by atoms with Crippen LogP contribution in [-0.4, -0.2) is 29.2 Å². The molecule has 0 aromatic heterocycles. The van der Waals surface area contributed by atoms with Crippen LogP contribution in [0.1, 0.15) is 18.9 Å². The third-order valence-electron chi connectivity index (χ3n) is 3.76. The van der Waals surface area contributed by atoms with Crippen LogP contribution in [0.15, 0.2) is 18.2 Å². The van der Waals surface area contributed by atoms with Gasteiger partial charge in [-0.3, -0.25) is 10.1 Å². The predicted octanol–water partition coefficient (Wildman–Crippen LogP) is 2.82. The maximum absolute atomic E-state index is 12.6. The Hall–Kier alpha value is -1.83. The molecule has 0 saturated carbocycles. The van der Waals surface area contributed by atoms with Gasteiger partial charge in [0.25, 0.3) is 5.69 Å². The smallest absolute Gasteiger partial charge is 0.391 e. The highest BCUT2D eigenvalue weighted by atomic mass is 19.4. The van der Waals surface area contributed by atoms with Gasteiger partial charge in [-0.1, -0.05) is 6.92 Å². The molecule has 0 aliphatic carbocycles. The first-order valence-electron chi connectivity index (χ1n) is 6.49. The summed E-state index contributed by atoms with van der Waals surface area (Å²) in [4.78, 5) is 11.8. The summed E-state index contributed by atoms with van der Waals surface area (Å²) in [5.74, 6) is 0.0646. The zero-order valence-electron chi connectivity index (χ0n) is 11.3. The van der Waals surface area contributed by atoms with E-state index in [1.807, 2.05) is 6.92 Å². The van der Waals surface area contributed by atoms with Gasteiger partial charge in [0.2, 0.25) is 0 Å². The highest BCUT2D eigenvalue weighted by Crippen LogP contribution is 2.37. The van der Waals surface area contributed by atoms with Gasteiger partial charge in [-0.25, -0.2) is 0 Å². The van der Waals surface area contributed by atoms with Crippen LogP contribution in [0.2, 0.25) is 0 Å². The van der Waals surface area contributed by atoms with Gasteiger partial charge in [-0.2, -0.15) is 13.2 Å². The molecule has 2 rings (SSSR count). The summed E-state index contributed by atoms with van der Waals surface area (Å²) >= 11 is 0. The van der Waals surface area contributed by atoms with Gasteiger partial charge >= 0.3 is 6.18 Å². The Kier molecular flexibility index (Phi) is 4.08. The van der Waals surface area contributed by atoms with E-state index in [4.69, 9.17) is 0 Å². The number of anilines is 1. The van der Waals surface area contributed by atoms with Gasteiger partial charge < -0.3 is 10.0 Å². The highest BCUT2D eigenvalue weighted by Gasteiger charge is 2.35. The predicted molar refractivity (Wildman–Crippen MR) is 70.1 cm³/mol. The van der Waals surface area contributed by atoms with Gasteiger partial charge in [0.05, 0.1) is 16.6 Å². The van der Waals surface area contributed by atoms with Crippen molar-refractivity contribution in [1.29, 1.82) is 0 Å². The molecule has 0 amide bonds. The minimum atomic E-state index is -4.63. The van der Waals surface area contributed by atoms with Gasteiger partial charge in [0, 0.05) is 19.2 Å². The number of aliphatic hydroxyl groups is 1. The lowest BCUT2D eigenvalue weighted by Crippen LogP contribution is -2.43. The van der Waals surface area contributed by atoms with Gasteiger partial charge in [0.1, 0.15) is 5.69 Å². The molecular formula is C13H15F3N2O3. The van der Waals surface area contributed by atoms with E-state index < -0.39 is 28.5 Å². The van der Waals surface area contributed by atoms with E-state index in [9.17, 15) is 28.4 Å². The molecule has 1 aliphatic heterocycles. The standard InChI is InChI=1S/C13H15F3N2O3/c1-8-4-5-17(7-12(8)19)10-3-2-9(13(14,15)16)6-11(10)18(20)21/h2-3,6,8,12,19H,4-5,7H2,1H3. The highest BCUT2D eigenvalue weighted by molar-refractivity contribution is 5.65. The molecule has 1 heterocycles. The molecule has 0 radical (unpaired) electrons. The summed E-state index contributed by atoms with van der Waals surface area (Å²) < 4.78 is 37.9. The molecular weight excluding hydrogens is 289 g/mol. The summed E-state index contributed by atoms with van der Waals surface area (Å²) in [5, 5.41) is 20.9. The summed E-state index contributed by atoms with van der Waals surface area (Å²) in [7, 11) is 0. The second-order valence-corrected chi connectivity index (χ2v) is 5.24. The number of nitro benzene ring substituents is 1. The number of alkyl halides is 3. The van der Waals surface area contributed by atoms with Crippen molar-refractivity contribution in [3.63, 3.8) is 0 Å². The number of piperidine rings is 1. The van der Waals surface area contributed by atoms with E-state index >= 15 is 0 Å². The van der Waals surface area contributed by atoms with Crippen molar-refractivity contribution >= 4 is 11.4 Å². The average Bonchev–Trinajstić information content (AvgIpc) is 2.40. The lowest BCUT2D eigenvalue weighted by atomic mass is 9.95. The van der Waals surface area contributed by atoms with Crippen LogP contribution in [0.3, 0.4) is 0 Å². The van der Waals surface area contributed by atoms with Crippen LogP contribution in [0, 0.1) is 16.0 Å². The van der Waals surface area contributed by atoms with Crippen molar-refractivity contribution in [2.75, 3.05) is 18.0 Å². The molecule has 0 bridgehead atoms. The van der Waals surface area contributed by atoms with E-state index in [1.165, 1.54) is 0 Å². The Bertz CT molecular complexity index is 548. The maximum Gasteiger partial charge on any atom is 0.416 e. The van der Waals surface area contributed by atoms with Crippen molar-refractivity contribution < 1.29 is 23.2 Å². The lowest BCUT2D eigenvalue weighted by Gasteiger charge is -2.35. The lowest BCUT2D eigenvalue weighted by molar-refractivity contribution is -0.384. The van der Waals surface area contributed by atoms with E-state index in [2.05, 4.69) is 0 Å². The number of hydrogen-bond acceptors (Lipinski definition) is 4. The average molecular weight is 304 g/mol. The number of rotatable bonds is 2. The molecule has 1 saturated heterocycles. The Labute approximate surface area is 119 Å². The second kappa shape index (κ2) is 5.51. The third kappa shape index (κ3) is 3.26. The number of β-amino-alcohol motifs (C(OH)–C–C–N with tert-alkyl or cyclic N) is 1. The van der Waals surface area contributed by atoms with Crippen LogP contribution in [0.25, 0.3) is 0 Å². The molecule has 116 valence electrons. The van der Waals surface area contributed by atoms with Crippen molar-refractivity contribution in [2.45, 2.75) is 25.6 Å². The molecule has 2 atom stereocenters. The quantitative estimate of drug-likeness (QED) is 0.674. The molecule has 1 N–H and O–H groups in total. The van der Waals surface area contributed by atoms with Crippen molar-refractivity contribution in [3.05, 3.63) is 33.9 Å². The molecule has 2 unspecified atom stereocenters. The molecule has 8 heteroatoms. The first-order chi connectivity index (χ1) is 9.70. The van der Waals surface area contributed by atoms with E-state index in [-0.39, 0.29) is 18.2 Å². The minimum Gasteiger partial charge on any atom is -0.391 e. The second-order valence-electron chi connectivity index (χ2n) is 5.24. The SMILES string of the molecule is CC1CCN(c2ccc(C(F)(F)F)cc2[N+](=O)[O-])CC1O. The number of halogens is 3. The third-order valence-corrected chi connectivity index (χ3v) is 3.76. The van der Waals surface area contributed by atoms with Crippen molar-refractivity contribution in [2.24, 2.45) is 5.92 Å². The first-order valence-corrected chi connectivity index (χ1v) is 6.49. The number of nitro groups is 1. The van der Waals surface area contributed by atoms with E-state index in [0.717, 1.165) is 12.1 Å². The van der Waals surface area contributed by atoms with Crippen LogP contribution in [0.5, 0.6) is 0 Å². The van der Waals surface area contributed by atoms with E-state index in [0.29, 0.717) is 19.0 Å². The molecule has 5 nitrogen and oxygen atoms in total. The largest absolute Gasteiger partial charge is 0.416 e. The summed E-state index contributed by atoms with van der Waals surface area (Å²) in [6.45, 7) is 2.50. The summed E-state index contributed by atoms with van der Waals surface area (Å²) in [6.07, 6.45) is -4.65. The molecule has 1 fully saturated rings. The van der Waals surface area contributed by atoms with Gasteiger partial charge in [0.15, 0.2) is 0 Å². The molecule has 0 spiro atoms. The van der Waals surface area contributed by atoms with Gasteiger partial charge in [-0.05, 0) is 24.5 Å². The summed E-state index contributed by atoms with van der Waals surface area (Å²) in [5.41, 5.74) is -1.53. The van der Waals surface area contributed by atoms with E-state index in [1.54, 1.807) is 4.90 Å². The number of hydrogen-bond donors (Lipinski definition) is 1. The molecule has 21 heavy (non-hydrogen) atoms. The van der Waals surface area contributed by atoms with Crippen LogP contribution < -0.4 is 4.90 Å². The monoisotopic (exact) mass is 304 g/mol. The minimum absolute atomic E-state index is 0.0646. The van der Waals surface area contributed by atoms with Crippen molar-refractivity contribution in [3.8, 4) is 0 Å². The van der Waals surface area contributed by atoms with Crippen LogP contribution >= 0.6 is 0 Å². The normalized spacial score (nSPS) is 23.2. The Morgan fingerprint density at radius 1 is 1.43 bits per heavy atom. The van der Waals surface area contributed by atoms with Crippen molar-refractivity contribution in [1.82, 2.24) is 0 Å². The number of benzene rings is 1. The summed E-state index contributed by atoms with van der Waals surface area (Å²) in [6, 6.07) is 2.47. The first kappa shape index (κ1) is 15.6. The Balaban J connectivity index is 2.38.